The summed E-state index contributed by atoms with van der Waals surface area (Å²) in [5.74, 6) is -2.78. The highest BCUT2D eigenvalue weighted by atomic mass is 32.2. The standard InChI is InChI=1S/C15H13F2N3O5S/c16-13(17)11-12(25-7-18-11)15(22)20-26(23,24)10-4-2-1-3-9(10)19-14(21)8-5-6-8/h1-4,7-8,13H,5-6H2,(H,19,21)(H,20,22). The summed E-state index contributed by atoms with van der Waals surface area (Å²) < 4.78 is 56.7. The van der Waals surface area contributed by atoms with Gasteiger partial charge in [-0.15, -0.1) is 0 Å². The SMILES string of the molecule is O=C(NS(=O)(=O)c1ccccc1NC(=O)C1CC1)c1ocnc1C(F)F. The molecular formula is C15H13F2N3O5S. The summed E-state index contributed by atoms with van der Waals surface area (Å²) in [6.07, 6.45) is -1.05. The molecule has 0 radical (unpaired) electrons. The molecule has 1 heterocycles. The van der Waals surface area contributed by atoms with E-state index in [1.807, 2.05) is 0 Å². The number of rotatable bonds is 6. The molecule has 8 nitrogen and oxygen atoms in total. The van der Waals surface area contributed by atoms with Crippen LogP contribution in [0.3, 0.4) is 0 Å². The number of alkyl halides is 2. The highest BCUT2D eigenvalue weighted by molar-refractivity contribution is 7.90. The van der Waals surface area contributed by atoms with Gasteiger partial charge in [0.15, 0.2) is 12.1 Å². The molecule has 1 fully saturated rings. The number of oxazole rings is 1. The molecule has 0 atom stereocenters. The molecule has 0 saturated heterocycles. The lowest BCUT2D eigenvalue weighted by Gasteiger charge is -2.12. The maximum atomic E-state index is 12.8. The third-order valence-corrected chi connectivity index (χ3v) is 5.01. The molecular weight excluding hydrogens is 372 g/mol. The summed E-state index contributed by atoms with van der Waals surface area (Å²) in [7, 11) is -4.46. The monoisotopic (exact) mass is 385 g/mol. The van der Waals surface area contributed by atoms with Crippen molar-refractivity contribution in [3.05, 3.63) is 42.1 Å². The van der Waals surface area contributed by atoms with Crippen LogP contribution in [0.4, 0.5) is 14.5 Å². The molecule has 0 unspecified atom stereocenters. The van der Waals surface area contributed by atoms with Crippen molar-refractivity contribution in [1.82, 2.24) is 9.71 Å². The van der Waals surface area contributed by atoms with Crippen LogP contribution in [0.5, 0.6) is 0 Å². The highest BCUT2D eigenvalue weighted by Crippen LogP contribution is 2.31. The number of halogens is 2. The second-order valence-electron chi connectivity index (χ2n) is 5.56. The average molecular weight is 385 g/mol. The molecule has 1 aliphatic rings. The normalized spacial score (nSPS) is 14.3. The van der Waals surface area contributed by atoms with Gasteiger partial charge >= 0.3 is 5.91 Å². The summed E-state index contributed by atoms with van der Waals surface area (Å²) in [4.78, 5) is 26.7. The van der Waals surface area contributed by atoms with Gasteiger partial charge in [-0.2, -0.15) is 0 Å². The second-order valence-corrected chi connectivity index (χ2v) is 7.21. The minimum atomic E-state index is -4.46. The largest absolute Gasteiger partial charge is 0.438 e. The fourth-order valence-electron chi connectivity index (χ4n) is 2.19. The van der Waals surface area contributed by atoms with Gasteiger partial charge in [-0.1, -0.05) is 12.1 Å². The van der Waals surface area contributed by atoms with E-state index in [2.05, 4.69) is 14.7 Å². The van der Waals surface area contributed by atoms with Gasteiger partial charge in [0, 0.05) is 5.92 Å². The molecule has 11 heteroatoms. The van der Waals surface area contributed by atoms with Crippen LogP contribution in [0.15, 0.2) is 40.0 Å². The Morgan fingerprint density at radius 3 is 2.58 bits per heavy atom. The first-order chi connectivity index (χ1) is 12.3. The van der Waals surface area contributed by atoms with Gasteiger partial charge in [0.25, 0.3) is 16.4 Å². The molecule has 3 rings (SSSR count). The number of hydrogen-bond donors (Lipinski definition) is 2. The maximum Gasteiger partial charge on any atom is 0.302 e. The summed E-state index contributed by atoms with van der Waals surface area (Å²) in [6.45, 7) is 0. The Morgan fingerprint density at radius 1 is 1.23 bits per heavy atom. The lowest BCUT2D eigenvalue weighted by molar-refractivity contribution is -0.117. The van der Waals surface area contributed by atoms with Crippen LogP contribution in [0.1, 0.15) is 35.5 Å². The van der Waals surface area contributed by atoms with Gasteiger partial charge in [0.05, 0.1) is 5.69 Å². The minimum absolute atomic E-state index is 0.0173. The van der Waals surface area contributed by atoms with Gasteiger partial charge in [0.1, 0.15) is 4.90 Å². The number of nitrogens with one attached hydrogen (secondary N) is 2. The molecule has 1 aliphatic carbocycles. The second kappa shape index (κ2) is 6.83. The number of para-hydroxylation sites is 1. The summed E-state index contributed by atoms with van der Waals surface area (Å²) in [5, 5.41) is 2.49. The number of benzene rings is 1. The Balaban J connectivity index is 1.85. The number of carbonyl (C=O) groups is 2. The van der Waals surface area contributed by atoms with E-state index >= 15 is 0 Å². The van der Waals surface area contributed by atoms with Crippen molar-refractivity contribution in [2.24, 2.45) is 5.92 Å². The van der Waals surface area contributed by atoms with E-state index in [1.54, 1.807) is 4.72 Å². The fourth-order valence-corrected chi connectivity index (χ4v) is 3.30. The Kier molecular flexibility index (Phi) is 4.72. The van der Waals surface area contributed by atoms with Gasteiger partial charge in [-0.25, -0.2) is 26.9 Å². The van der Waals surface area contributed by atoms with Crippen molar-refractivity contribution >= 4 is 27.5 Å². The summed E-state index contributed by atoms with van der Waals surface area (Å²) >= 11 is 0. The van der Waals surface area contributed by atoms with Crippen molar-refractivity contribution in [1.29, 1.82) is 0 Å². The number of sulfonamides is 1. The topological polar surface area (TPSA) is 118 Å². The smallest absolute Gasteiger partial charge is 0.302 e. The average Bonchev–Trinajstić information content (AvgIpc) is 3.31. The number of nitrogens with zero attached hydrogens (tertiary/aromatic N) is 1. The van der Waals surface area contributed by atoms with Crippen LogP contribution in [-0.2, 0) is 14.8 Å². The third-order valence-electron chi connectivity index (χ3n) is 3.62. The van der Waals surface area contributed by atoms with Gasteiger partial charge < -0.3 is 9.73 Å². The molecule has 2 N–H and O–H groups in total. The third kappa shape index (κ3) is 3.72. The zero-order chi connectivity index (χ0) is 18.9. The van der Waals surface area contributed by atoms with E-state index in [0.717, 1.165) is 12.8 Å². The first kappa shape index (κ1) is 18.0. The van der Waals surface area contributed by atoms with Crippen LogP contribution in [-0.4, -0.2) is 25.2 Å². The molecule has 138 valence electrons. The van der Waals surface area contributed by atoms with Crippen LogP contribution >= 0.6 is 0 Å². The molecule has 0 bridgehead atoms. The molecule has 0 aliphatic heterocycles. The first-order valence-corrected chi connectivity index (χ1v) is 8.96. The van der Waals surface area contributed by atoms with Gasteiger partial charge in [-0.3, -0.25) is 9.59 Å². The number of carbonyl (C=O) groups excluding carboxylic acids is 2. The molecule has 1 aromatic heterocycles. The van der Waals surface area contributed by atoms with E-state index in [9.17, 15) is 26.8 Å². The predicted octanol–water partition coefficient (Wildman–Crippen LogP) is 2.08. The zero-order valence-corrected chi connectivity index (χ0v) is 13.9. The van der Waals surface area contributed by atoms with Crippen molar-refractivity contribution in [3.63, 3.8) is 0 Å². The Hall–Kier alpha value is -2.82. The minimum Gasteiger partial charge on any atom is -0.438 e. The molecule has 26 heavy (non-hydrogen) atoms. The molecule has 1 aromatic carbocycles. The molecule has 1 saturated carbocycles. The number of hydrogen-bond acceptors (Lipinski definition) is 6. The van der Waals surface area contributed by atoms with Crippen LogP contribution in [0.2, 0.25) is 0 Å². The number of aromatic nitrogens is 1. The fraction of sp³-hybridized carbons (Fsp3) is 0.267. The van der Waals surface area contributed by atoms with E-state index in [4.69, 9.17) is 0 Å². The Morgan fingerprint density at radius 2 is 1.92 bits per heavy atom. The summed E-state index contributed by atoms with van der Waals surface area (Å²) in [6, 6.07) is 5.43. The van der Waals surface area contributed by atoms with Crippen LogP contribution in [0, 0.1) is 5.92 Å². The lowest BCUT2D eigenvalue weighted by atomic mass is 10.3. The Bertz CT molecular complexity index is 954. The molecule has 0 spiro atoms. The van der Waals surface area contributed by atoms with Gasteiger partial charge in [0.2, 0.25) is 11.7 Å². The van der Waals surface area contributed by atoms with Crippen molar-refractivity contribution in [2.75, 3.05) is 5.32 Å². The van der Waals surface area contributed by atoms with Gasteiger partial charge in [-0.05, 0) is 25.0 Å². The van der Waals surface area contributed by atoms with E-state index in [1.165, 1.54) is 24.3 Å². The highest BCUT2D eigenvalue weighted by Gasteiger charge is 2.32. The quantitative estimate of drug-likeness (QED) is 0.786. The number of anilines is 1. The van der Waals surface area contributed by atoms with E-state index in [-0.39, 0.29) is 22.4 Å². The Labute approximate surface area is 146 Å². The van der Waals surface area contributed by atoms with Crippen LogP contribution in [0.25, 0.3) is 0 Å². The summed E-state index contributed by atoms with van der Waals surface area (Å²) in [5.41, 5.74) is -0.982. The lowest BCUT2D eigenvalue weighted by Crippen LogP contribution is -2.32. The van der Waals surface area contributed by atoms with Crippen molar-refractivity contribution < 1.29 is 31.2 Å². The molecule has 2 aromatic rings. The van der Waals surface area contributed by atoms with Crippen LogP contribution < -0.4 is 10.0 Å². The first-order valence-electron chi connectivity index (χ1n) is 7.48. The number of amides is 2. The maximum absolute atomic E-state index is 12.8. The molecule has 2 amide bonds. The van der Waals surface area contributed by atoms with Crippen molar-refractivity contribution in [3.8, 4) is 0 Å². The van der Waals surface area contributed by atoms with Crippen molar-refractivity contribution in [2.45, 2.75) is 24.2 Å². The predicted molar refractivity (Wildman–Crippen MR) is 83.9 cm³/mol. The zero-order valence-electron chi connectivity index (χ0n) is 13.1. The van der Waals surface area contributed by atoms with E-state index in [0.29, 0.717) is 6.39 Å². The van der Waals surface area contributed by atoms with E-state index < -0.39 is 33.8 Å².